The monoisotopic (exact) mass is 408 g/mol. The molecule has 3 rings (SSSR count). The largest absolute Gasteiger partial charge is 0.482 e. The summed E-state index contributed by atoms with van der Waals surface area (Å²) in [6, 6.07) is 12.9. The van der Waals surface area contributed by atoms with E-state index in [2.05, 4.69) is 20.5 Å². The van der Waals surface area contributed by atoms with Crippen LogP contribution in [0.2, 0.25) is 0 Å². The maximum atomic E-state index is 12.4. The van der Waals surface area contributed by atoms with Crippen LogP contribution in [-0.2, 0) is 5.75 Å². The Morgan fingerprint density at radius 2 is 1.89 bits per heavy atom. The van der Waals surface area contributed by atoms with E-state index >= 15 is 0 Å². The molecule has 2 aromatic carbocycles. The van der Waals surface area contributed by atoms with E-state index < -0.39 is 18.7 Å². The first kappa shape index (κ1) is 19.7. The lowest BCUT2D eigenvalue weighted by molar-refractivity contribution is -0.153. The average Bonchev–Trinajstić information content (AvgIpc) is 3.19. The van der Waals surface area contributed by atoms with E-state index in [4.69, 9.17) is 4.74 Å². The van der Waals surface area contributed by atoms with Crippen LogP contribution in [0, 0.1) is 0 Å². The summed E-state index contributed by atoms with van der Waals surface area (Å²) in [5.74, 6) is 0.149. The summed E-state index contributed by atoms with van der Waals surface area (Å²) in [4.78, 5) is 16.4. The first-order valence-electron chi connectivity index (χ1n) is 8.08. The van der Waals surface area contributed by atoms with Crippen molar-refractivity contribution in [3.63, 3.8) is 0 Å². The van der Waals surface area contributed by atoms with Gasteiger partial charge in [-0.3, -0.25) is 9.89 Å². The second kappa shape index (κ2) is 8.79. The van der Waals surface area contributed by atoms with E-state index in [1.165, 1.54) is 36.3 Å². The van der Waals surface area contributed by atoms with Crippen molar-refractivity contribution in [3.05, 3.63) is 66.0 Å². The molecule has 0 bridgehead atoms. The van der Waals surface area contributed by atoms with Gasteiger partial charge in [-0.05, 0) is 29.8 Å². The zero-order valence-corrected chi connectivity index (χ0v) is 15.2. The molecule has 1 aromatic heterocycles. The number of amides is 1. The van der Waals surface area contributed by atoms with Crippen molar-refractivity contribution in [2.24, 2.45) is 0 Å². The molecule has 10 heteroatoms. The molecule has 1 heterocycles. The number of para-hydroxylation sites is 2. The number of rotatable bonds is 7. The molecule has 0 unspecified atom stereocenters. The van der Waals surface area contributed by atoms with Crippen LogP contribution in [0.3, 0.4) is 0 Å². The number of aromatic nitrogens is 3. The number of H-pyrrole nitrogens is 1. The molecule has 0 radical (unpaired) electrons. The number of carbonyl (C=O) groups is 1. The third kappa shape index (κ3) is 5.74. The highest BCUT2D eigenvalue weighted by Gasteiger charge is 2.28. The number of aromatic amines is 1. The Bertz CT molecular complexity index is 915. The number of alkyl halides is 3. The Kier molecular flexibility index (Phi) is 6.19. The van der Waals surface area contributed by atoms with Gasteiger partial charge in [0.05, 0.1) is 5.69 Å². The van der Waals surface area contributed by atoms with Crippen molar-refractivity contribution in [1.82, 2.24) is 15.2 Å². The molecule has 0 spiro atoms. The third-order valence-corrected chi connectivity index (χ3v) is 4.46. The highest BCUT2D eigenvalue weighted by molar-refractivity contribution is 7.98. The maximum Gasteiger partial charge on any atom is 0.422 e. The van der Waals surface area contributed by atoms with Gasteiger partial charge in [0, 0.05) is 11.3 Å². The number of nitrogens with zero attached hydrogens (tertiary/aromatic N) is 2. The number of thioether (sulfide) groups is 1. The number of anilines is 1. The van der Waals surface area contributed by atoms with Crippen LogP contribution in [0.25, 0.3) is 0 Å². The van der Waals surface area contributed by atoms with Crippen LogP contribution in [-0.4, -0.2) is 33.9 Å². The normalized spacial score (nSPS) is 11.2. The molecule has 0 saturated heterocycles. The van der Waals surface area contributed by atoms with Gasteiger partial charge in [-0.25, -0.2) is 4.98 Å². The van der Waals surface area contributed by atoms with Gasteiger partial charge in [0.1, 0.15) is 12.1 Å². The molecule has 6 nitrogen and oxygen atoms in total. The van der Waals surface area contributed by atoms with Crippen LogP contribution in [0.1, 0.15) is 15.9 Å². The van der Waals surface area contributed by atoms with Gasteiger partial charge in [-0.1, -0.05) is 36.0 Å². The lowest BCUT2D eigenvalue weighted by Gasteiger charge is -2.14. The summed E-state index contributed by atoms with van der Waals surface area (Å²) >= 11 is 1.47. The zero-order chi connectivity index (χ0) is 20.0. The van der Waals surface area contributed by atoms with Gasteiger partial charge < -0.3 is 10.1 Å². The smallest absolute Gasteiger partial charge is 0.422 e. The van der Waals surface area contributed by atoms with Gasteiger partial charge in [0.25, 0.3) is 5.91 Å². The maximum absolute atomic E-state index is 12.4. The van der Waals surface area contributed by atoms with E-state index in [0.717, 1.165) is 5.56 Å². The molecule has 0 atom stereocenters. The van der Waals surface area contributed by atoms with Crippen molar-refractivity contribution in [3.8, 4) is 5.75 Å². The highest BCUT2D eigenvalue weighted by atomic mass is 32.2. The number of nitrogens with one attached hydrogen (secondary N) is 2. The molecule has 0 aliphatic carbocycles. The Hall–Kier alpha value is -3.01. The van der Waals surface area contributed by atoms with Crippen LogP contribution in [0.15, 0.2) is 60.0 Å². The number of carbonyl (C=O) groups excluding carboxylic acids is 1. The van der Waals surface area contributed by atoms with Gasteiger partial charge >= 0.3 is 6.18 Å². The van der Waals surface area contributed by atoms with E-state index in [9.17, 15) is 18.0 Å². The summed E-state index contributed by atoms with van der Waals surface area (Å²) in [7, 11) is 0. The lowest BCUT2D eigenvalue weighted by atomic mass is 10.1. The van der Waals surface area contributed by atoms with Crippen molar-refractivity contribution >= 4 is 23.4 Å². The Morgan fingerprint density at radius 1 is 1.14 bits per heavy atom. The molecule has 0 aliphatic rings. The highest BCUT2D eigenvalue weighted by Crippen LogP contribution is 2.27. The molecule has 2 N–H and O–H groups in total. The van der Waals surface area contributed by atoms with E-state index in [0.29, 0.717) is 16.5 Å². The summed E-state index contributed by atoms with van der Waals surface area (Å²) in [5.41, 5.74) is 1.52. The fourth-order valence-electron chi connectivity index (χ4n) is 2.22. The van der Waals surface area contributed by atoms with Gasteiger partial charge in [0.2, 0.25) is 0 Å². The molecule has 1 amide bonds. The predicted molar refractivity (Wildman–Crippen MR) is 98.3 cm³/mol. The fourth-order valence-corrected chi connectivity index (χ4v) is 2.95. The molecule has 0 aliphatic heterocycles. The van der Waals surface area contributed by atoms with Crippen molar-refractivity contribution < 1.29 is 22.7 Å². The standard InChI is InChI=1S/C18H15F3N4O2S/c19-18(20,21)10-27-15-4-2-1-3-14(15)24-16(26)13-7-5-12(6-8-13)9-28-17-22-11-23-25-17/h1-8,11H,9-10H2,(H,24,26)(H,22,23,25). The quantitative estimate of drug-likeness (QED) is 0.570. The van der Waals surface area contributed by atoms with Crippen LogP contribution >= 0.6 is 11.8 Å². The average molecular weight is 408 g/mol. The Balaban J connectivity index is 1.61. The molecule has 0 fully saturated rings. The molecular formula is C18H15F3N4O2S. The second-order valence-electron chi connectivity index (χ2n) is 5.63. The first-order valence-corrected chi connectivity index (χ1v) is 9.06. The molecule has 28 heavy (non-hydrogen) atoms. The van der Waals surface area contributed by atoms with Crippen LogP contribution in [0.5, 0.6) is 5.75 Å². The van der Waals surface area contributed by atoms with E-state index in [-0.39, 0.29) is 11.4 Å². The van der Waals surface area contributed by atoms with Gasteiger partial charge in [-0.2, -0.15) is 18.3 Å². The van der Waals surface area contributed by atoms with Crippen molar-refractivity contribution in [2.45, 2.75) is 17.1 Å². The lowest BCUT2D eigenvalue weighted by Crippen LogP contribution is -2.20. The number of benzene rings is 2. The van der Waals surface area contributed by atoms with Crippen molar-refractivity contribution in [1.29, 1.82) is 0 Å². The minimum absolute atomic E-state index is 0.0479. The number of ether oxygens (including phenoxy) is 1. The van der Waals surface area contributed by atoms with E-state index in [1.807, 2.05) is 0 Å². The summed E-state index contributed by atoms with van der Waals surface area (Å²) in [6.07, 6.45) is -3.04. The Labute approximate surface area is 162 Å². The Morgan fingerprint density at radius 3 is 2.57 bits per heavy atom. The summed E-state index contributed by atoms with van der Waals surface area (Å²) < 4.78 is 41.9. The molecule has 3 aromatic rings. The van der Waals surface area contributed by atoms with Crippen molar-refractivity contribution in [2.75, 3.05) is 11.9 Å². The summed E-state index contributed by atoms with van der Waals surface area (Å²) in [6.45, 7) is -1.43. The number of halogens is 3. The van der Waals surface area contributed by atoms with Crippen LogP contribution < -0.4 is 10.1 Å². The summed E-state index contributed by atoms with van der Waals surface area (Å²) in [5, 5.41) is 9.78. The van der Waals surface area contributed by atoms with Crippen LogP contribution in [0.4, 0.5) is 18.9 Å². The topological polar surface area (TPSA) is 79.9 Å². The second-order valence-corrected chi connectivity index (χ2v) is 6.59. The molecular weight excluding hydrogens is 393 g/mol. The van der Waals surface area contributed by atoms with Gasteiger partial charge in [-0.15, -0.1) is 0 Å². The third-order valence-electron chi connectivity index (χ3n) is 3.51. The molecule has 0 saturated carbocycles. The number of hydrogen-bond donors (Lipinski definition) is 2. The van der Waals surface area contributed by atoms with E-state index in [1.54, 1.807) is 30.3 Å². The first-order chi connectivity index (χ1) is 13.4. The number of hydrogen-bond acceptors (Lipinski definition) is 5. The molecule has 146 valence electrons. The zero-order valence-electron chi connectivity index (χ0n) is 14.4. The van der Waals surface area contributed by atoms with Gasteiger partial charge in [0.15, 0.2) is 11.8 Å². The fraction of sp³-hybridized carbons (Fsp3) is 0.167. The minimum Gasteiger partial charge on any atom is -0.482 e. The SMILES string of the molecule is O=C(Nc1ccccc1OCC(F)(F)F)c1ccc(CSc2ncn[nH]2)cc1. The predicted octanol–water partition coefficient (Wildman–Crippen LogP) is 4.29. The minimum atomic E-state index is -4.46.